The first-order valence-electron chi connectivity index (χ1n) is 9.60. The normalized spacial score (nSPS) is 10.5. The van der Waals surface area contributed by atoms with Gasteiger partial charge in [-0.3, -0.25) is 14.3 Å². The molecule has 7 nitrogen and oxygen atoms in total. The average molecular weight is 407 g/mol. The third kappa shape index (κ3) is 5.05. The zero-order chi connectivity index (χ0) is 21.5. The van der Waals surface area contributed by atoms with E-state index < -0.39 is 0 Å². The zero-order valence-electron chi connectivity index (χ0n) is 17.4. The lowest BCUT2D eigenvalue weighted by Crippen LogP contribution is -2.29. The summed E-state index contributed by atoms with van der Waals surface area (Å²) >= 11 is 0. The van der Waals surface area contributed by atoms with Gasteiger partial charge in [0.1, 0.15) is 11.4 Å². The standard InChI is InChI=1S/C23H25N3O4/c1-25(13-12-21(27)30-3)23(28)20-16-26(15-17-8-5-4-6-9-17)24-22(20)18-10-7-11-19(14-18)29-2/h4-11,14,16H,12-13,15H2,1-3H3. The molecule has 0 unspecified atom stereocenters. The number of methoxy groups -OCH3 is 2. The minimum atomic E-state index is -0.359. The van der Waals surface area contributed by atoms with Crippen LogP contribution >= 0.6 is 0 Å². The van der Waals surface area contributed by atoms with Crippen molar-refractivity contribution in [1.29, 1.82) is 0 Å². The Morgan fingerprint density at radius 1 is 1.07 bits per heavy atom. The molecule has 0 saturated heterocycles. The van der Waals surface area contributed by atoms with E-state index in [4.69, 9.17) is 4.74 Å². The van der Waals surface area contributed by atoms with Crippen LogP contribution in [0, 0.1) is 0 Å². The van der Waals surface area contributed by atoms with Gasteiger partial charge in [-0.05, 0) is 17.7 Å². The van der Waals surface area contributed by atoms with Crippen molar-refractivity contribution in [2.75, 3.05) is 27.8 Å². The highest BCUT2D eigenvalue weighted by atomic mass is 16.5. The van der Waals surface area contributed by atoms with E-state index >= 15 is 0 Å². The van der Waals surface area contributed by atoms with Gasteiger partial charge in [0.25, 0.3) is 5.91 Å². The summed E-state index contributed by atoms with van der Waals surface area (Å²) in [6, 6.07) is 17.4. The number of esters is 1. The fourth-order valence-electron chi connectivity index (χ4n) is 3.08. The molecule has 1 amide bonds. The lowest BCUT2D eigenvalue weighted by Gasteiger charge is -2.16. The summed E-state index contributed by atoms with van der Waals surface area (Å²) in [5.74, 6) is 0.112. The molecule has 30 heavy (non-hydrogen) atoms. The van der Waals surface area contributed by atoms with Crippen LogP contribution in [-0.2, 0) is 16.1 Å². The predicted octanol–water partition coefficient (Wildman–Crippen LogP) is 3.24. The summed E-state index contributed by atoms with van der Waals surface area (Å²) in [5.41, 5.74) is 2.90. The van der Waals surface area contributed by atoms with Gasteiger partial charge in [-0.2, -0.15) is 5.10 Å². The third-order valence-corrected chi connectivity index (χ3v) is 4.75. The number of carbonyl (C=O) groups excluding carboxylic acids is 2. The van der Waals surface area contributed by atoms with Crippen LogP contribution in [0.25, 0.3) is 11.3 Å². The number of nitrogens with zero attached hydrogens (tertiary/aromatic N) is 3. The molecule has 0 saturated carbocycles. The van der Waals surface area contributed by atoms with Crippen LogP contribution in [0.2, 0.25) is 0 Å². The quantitative estimate of drug-likeness (QED) is 0.536. The molecular formula is C23H25N3O4. The highest BCUT2D eigenvalue weighted by molar-refractivity contribution is 5.99. The predicted molar refractivity (Wildman–Crippen MR) is 113 cm³/mol. The summed E-state index contributed by atoms with van der Waals surface area (Å²) in [4.78, 5) is 26.1. The SMILES string of the molecule is COC(=O)CCN(C)C(=O)c1cn(Cc2ccccc2)nc1-c1cccc(OC)c1. The summed E-state index contributed by atoms with van der Waals surface area (Å²) in [7, 11) is 4.59. The van der Waals surface area contributed by atoms with E-state index in [0.717, 1.165) is 11.1 Å². The topological polar surface area (TPSA) is 73.7 Å². The van der Waals surface area contributed by atoms with Crippen molar-refractivity contribution in [1.82, 2.24) is 14.7 Å². The Morgan fingerprint density at radius 3 is 2.53 bits per heavy atom. The van der Waals surface area contributed by atoms with E-state index in [2.05, 4.69) is 9.84 Å². The second-order valence-corrected chi connectivity index (χ2v) is 6.86. The number of rotatable bonds is 8. The van der Waals surface area contributed by atoms with Crippen molar-refractivity contribution in [3.8, 4) is 17.0 Å². The number of hydrogen-bond donors (Lipinski definition) is 0. The molecule has 0 aliphatic rings. The van der Waals surface area contributed by atoms with E-state index in [0.29, 0.717) is 23.6 Å². The van der Waals surface area contributed by atoms with Crippen LogP contribution in [0.4, 0.5) is 0 Å². The van der Waals surface area contributed by atoms with Gasteiger partial charge in [0.2, 0.25) is 0 Å². The summed E-state index contributed by atoms with van der Waals surface area (Å²) < 4.78 is 11.7. The Hall–Kier alpha value is -3.61. The van der Waals surface area contributed by atoms with E-state index in [1.165, 1.54) is 12.0 Å². The van der Waals surface area contributed by atoms with Crippen molar-refractivity contribution >= 4 is 11.9 Å². The fourth-order valence-corrected chi connectivity index (χ4v) is 3.08. The van der Waals surface area contributed by atoms with Crippen LogP contribution in [0.1, 0.15) is 22.3 Å². The molecule has 0 bridgehead atoms. The number of aromatic nitrogens is 2. The number of amides is 1. The van der Waals surface area contributed by atoms with Gasteiger partial charge in [-0.1, -0.05) is 42.5 Å². The Balaban J connectivity index is 1.94. The molecule has 3 rings (SSSR count). The first-order valence-corrected chi connectivity index (χ1v) is 9.60. The number of benzene rings is 2. The van der Waals surface area contributed by atoms with Crippen LogP contribution in [0.3, 0.4) is 0 Å². The van der Waals surface area contributed by atoms with Gasteiger partial charge in [0, 0.05) is 25.4 Å². The minimum absolute atomic E-state index is 0.130. The maximum Gasteiger partial charge on any atom is 0.307 e. The Morgan fingerprint density at radius 2 is 1.83 bits per heavy atom. The molecular weight excluding hydrogens is 382 g/mol. The van der Waals surface area contributed by atoms with Crippen molar-refractivity contribution in [3.05, 3.63) is 71.9 Å². The fraction of sp³-hybridized carbons (Fsp3) is 0.261. The lowest BCUT2D eigenvalue weighted by atomic mass is 10.1. The number of ether oxygens (including phenoxy) is 2. The van der Waals surface area contributed by atoms with Crippen molar-refractivity contribution in [2.45, 2.75) is 13.0 Å². The van der Waals surface area contributed by atoms with Gasteiger partial charge in [0.15, 0.2) is 0 Å². The third-order valence-electron chi connectivity index (χ3n) is 4.75. The molecule has 0 radical (unpaired) electrons. The van der Waals surface area contributed by atoms with Gasteiger partial charge in [0.05, 0.1) is 32.7 Å². The molecule has 0 N–H and O–H groups in total. The Kier molecular flexibility index (Phi) is 6.85. The van der Waals surface area contributed by atoms with Crippen molar-refractivity contribution < 1.29 is 19.1 Å². The van der Waals surface area contributed by atoms with Gasteiger partial charge in [-0.15, -0.1) is 0 Å². The molecule has 0 spiro atoms. The number of hydrogen-bond acceptors (Lipinski definition) is 5. The summed E-state index contributed by atoms with van der Waals surface area (Å²) in [6.45, 7) is 0.796. The van der Waals surface area contributed by atoms with Gasteiger partial charge in [-0.25, -0.2) is 0 Å². The lowest BCUT2D eigenvalue weighted by molar-refractivity contribution is -0.140. The summed E-state index contributed by atoms with van der Waals surface area (Å²) in [5, 5.41) is 4.69. The smallest absolute Gasteiger partial charge is 0.307 e. The minimum Gasteiger partial charge on any atom is -0.497 e. The van der Waals surface area contributed by atoms with Crippen LogP contribution in [-0.4, -0.2) is 54.4 Å². The molecule has 0 aliphatic carbocycles. The highest BCUT2D eigenvalue weighted by Gasteiger charge is 2.22. The van der Waals surface area contributed by atoms with Gasteiger partial charge < -0.3 is 14.4 Å². The van der Waals surface area contributed by atoms with E-state index in [1.54, 1.807) is 25.0 Å². The largest absolute Gasteiger partial charge is 0.497 e. The molecule has 0 aliphatic heterocycles. The zero-order valence-corrected chi connectivity index (χ0v) is 17.4. The molecule has 7 heteroatoms. The van der Waals surface area contributed by atoms with Gasteiger partial charge >= 0.3 is 5.97 Å². The second kappa shape index (κ2) is 9.73. The first-order chi connectivity index (χ1) is 14.5. The van der Waals surface area contributed by atoms with Crippen LogP contribution in [0.5, 0.6) is 5.75 Å². The van der Waals surface area contributed by atoms with E-state index in [9.17, 15) is 9.59 Å². The Bertz CT molecular complexity index is 1010. The maximum atomic E-state index is 13.1. The highest BCUT2D eigenvalue weighted by Crippen LogP contribution is 2.27. The monoisotopic (exact) mass is 407 g/mol. The molecule has 0 fully saturated rings. The number of carbonyl (C=O) groups is 2. The Labute approximate surface area is 175 Å². The van der Waals surface area contributed by atoms with Crippen LogP contribution in [0.15, 0.2) is 60.8 Å². The molecule has 1 aromatic heterocycles. The molecule has 3 aromatic rings. The molecule has 1 heterocycles. The molecule has 0 atom stereocenters. The molecule has 2 aromatic carbocycles. The van der Waals surface area contributed by atoms with E-state index in [-0.39, 0.29) is 24.8 Å². The summed E-state index contributed by atoms with van der Waals surface area (Å²) in [6.07, 6.45) is 1.88. The molecule has 156 valence electrons. The second-order valence-electron chi connectivity index (χ2n) is 6.86. The van der Waals surface area contributed by atoms with Crippen LogP contribution < -0.4 is 4.74 Å². The van der Waals surface area contributed by atoms with Crippen molar-refractivity contribution in [3.63, 3.8) is 0 Å². The van der Waals surface area contributed by atoms with Crippen molar-refractivity contribution in [2.24, 2.45) is 0 Å². The maximum absolute atomic E-state index is 13.1. The first kappa shape index (κ1) is 21.1. The van der Waals surface area contributed by atoms with E-state index in [1.807, 2.05) is 54.6 Å². The average Bonchev–Trinajstić information content (AvgIpc) is 3.21.